The van der Waals surface area contributed by atoms with Crippen molar-refractivity contribution in [3.05, 3.63) is 29.3 Å². The number of hydrogen-bond donors (Lipinski definition) is 3. The van der Waals surface area contributed by atoms with E-state index in [2.05, 4.69) is 25.2 Å². The SMILES string of the molecule is COc1cc(C(C)C)ccc1CCNC(=O)NN. The number of hydrazine groups is 1. The van der Waals surface area contributed by atoms with Crippen LogP contribution in [-0.2, 0) is 6.42 Å². The van der Waals surface area contributed by atoms with Crippen LogP contribution in [0.1, 0.15) is 30.9 Å². The maximum atomic E-state index is 10.9. The van der Waals surface area contributed by atoms with Gasteiger partial charge in [0.05, 0.1) is 7.11 Å². The highest BCUT2D eigenvalue weighted by Gasteiger charge is 2.07. The molecule has 5 heteroatoms. The largest absolute Gasteiger partial charge is 0.496 e. The van der Waals surface area contributed by atoms with Crippen LogP contribution in [0, 0.1) is 0 Å². The first-order chi connectivity index (χ1) is 8.58. The fourth-order valence-corrected chi connectivity index (χ4v) is 1.69. The molecule has 0 bridgehead atoms. The third-order valence-electron chi connectivity index (χ3n) is 2.79. The molecule has 0 unspecified atom stereocenters. The van der Waals surface area contributed by atoms with Crippen LogP contribution in [-0.4, -0.2) is 19.7 Å². The second-order valence-electron chi connectivity index (χ2n) is 4.38. The van der Waals surface area contributed by atoms with Gasteiger partial charge in [0.15, 0.2) is 0 Å². The van der Waals surface area contributed by atoms with Gasteiger partial charge >= 0.3 is 6.03 Å². The quantitative estimate of drug-likeness (QED) is 0.422. The number of methoxy groups -OCH3 is 1. The van der Waals surface area contributed by atoms with Gasteiger partial charge in [0.1, 0.15) is 5.75 Å². The number of carbonyl (C=O) groups is 1. The number of nitrogens with two attached hydrogens (primary N) is 1. The van der Waals surface area contributed by atoms with E-state index in [0.717, 1.165) is 11.3 Å². The van der Waals surface area contributed by atoms with Crippen LogP contribution in [0.15, 0.2) is 18.2 Å². The summed E-state index contributed by atoms with van der Waals surface area (Å²) in [5.41, 5.74) is 4.33. The molecule has 4 N–H and O–H groups in total. The second-order valence-corrected chi connectivity index (χ2v) is 4.38. The molecular weight excluding hydrogens is 230 g/mol. The molecule has 0 radical (unpaired) electrons. The Labute approximate surface area is 108 Å². The van der Waals surface area contributed by atoms with E-state index >= 15 is 0 Å². The Bertz CT molecular complexity index is 405. The zero-order chi connectivity index (χ0) is 13.5. The number of urea groups is 1. The van der Waals surface area contributed by atoms with E-state index in [4.69, 9.17) is 10.6 Å². The van der Waals surface area contributed by atoms with Gasteiger partial charge in [-0.05, 0) is 29.5 Å². The summed E-state index contributed by atoms with van der Waals surface area (Å²) in [6.07, 6.45) is 0.703. The molecular formula is C13H21N3O2. The van der Waals surface area contributed by atoms with Gasteiger partial charge in [-0.3, -0.25) is 5.43 Å². The standard InChI is InChI=1S/C13H21N3O2/c1-9(2)11-5-4-10(12(8-11)18-3)6-7-15-13(17)16-14/h4-5,8-9H,6-7,14H2,1-3H3,(H2,15,16,17). The number of nitrogens with one attached hydrogen (secondary N) is 2. The van der Waals surface area contributed by atoms with Crippen molar-refractivity contribution in [2.45, 2.75) is 26.2 Å². The Morgan fingerprint density at radius 2 is 2.17 bits per heavy atom. The van der Waals surface area contributed by atoms with E-state index in [9.17, 15) is 4.79 Å². The summed E-state index contributed by atoms with van der Waals surface area (Å²) in [4.78, 5) is 10.9. The predicted molar refractivity (Wildman–Crippen MR) is 71.5 cm³/mol. The van der Waals surface area contributed by atoms with Gasteiger partial charge in [-0.2, -0.15) is 0 Å². The molecule has 0 aliphatic carbocycles. The minimum Gasteiger partial charge on any atom is -0.496 e. The molecule has 0 heterocycles. The number of carbonyl (C=O) groups excluding carboxylic acids is 1. The van der Waals surface area contributed by atoms with E-state index in [1.807, 2.05) is 17.6 Å². The molecule has 0 spiro atoms. The number of benzene rings is 1. The summed E-state index contributed by atoms with van der Waals surface area (Å²) in [6.45, 7) is 4.80. The Hall–Kier alpha value is -1.75. The van der Waals surface area contributed by atoms with Crippen molar-refractivity contribution in [1.82, 2.24) is 10.7 Å². The Balaban J connectivity index is 2.68. The molecule has 1 aromatic carbocycles. The second kappa shape index (κ2) is 6.86. The minimum absolute atomic E-state index is 0.382. The topological polar surface area (TPSA) is 76.4 Å². The van der Waals surface area contributed by atoms with Gasteiger partial charge in [-0.15, -0.1) is 0 Å². The Kier molecular flexibility index (Phi) is 5.45. The lowest BCUT2D eigenvalue weighted by Gasteiger charge is -2.13. The van der Waals surface area contributed by atoms with Crippen LogP contribution in [0.5, 0.6) is 5.75 Å². The van der Waals surface area contributed by atoms with Crippen LogP contribution in [0.25, 0.3) is 0 Å². The monoisotopic (exact) mass is 251 g/mol. The fourth-order valence-electron chi connectivity index (χ4n) is 1.69. The third-order valence-corrected chi connectivity index (χ3v) is 2.79. The van der Waals surface area contributed by atoms with Crippen molar-refractivity contribution in [2.75, 3.05) is 13.7 Å². The average Bonchev–Trinajstić information content (AvgIpc) is 2.38. The summed E-state index contributed by atoms with van der Waals surface area (Å²) in [7, 11) is 1.66. The predicted octanol–water partition coefficient (Wildman–Crippen LogP) is 1.53. The van der Waals surface area contributed by atoms with Crippen LogP contribution in [0.4, 0.5) is 4.79 Å². The zero-order valence-electron chi connectivity index (χ0n) is 11.1. The van der Waals surface area contributed by atoms with Crippen molar-refractivity contribution in [2.24, 2.45) is 5.84 Å². The molecule has 1 aromatic rings. The van der Waals surface area contributed by atoms with Crippen molar-refractivity contribution in [3.8, 4) is 5.75 Å². The zero-order valence-corrected chi connectivity index (χ0v) is 11.1. The van der Waals surface area contributed by atoms with E-state index in [1.54, 1.807) is 7.11 Å². The number of hydrogen-bond acceptors (Lipinski definition) is 3. The summed E-state index contributed by atoms with van der Waals surface area (Å²) in [5.74, 6) is 6.30. The maximum Gasteiger partial charge on any atom is 0.328 e. The molecule has 0 aliphatic rings. The molecule has 2 amide bonds. The summed E-state index contributed by atoms with van der Waals surface area (Å²) in [6, 6.07) is 5.79. The molecule has 0 saturated heterocycles. The molecule has 0 fully saturated rings. The summed E-state index contributed by atoms with van der Waals surface area (Å²) in [5, 5.41) is 2.64. The van der Waals surface area contributed by atoms with Gasteiger partial charge in [0, 0.05) is 6.54 Å². The molecule has 18 heavy (non-hydrogen) atoms. The smallest absolute Gasteiger partial charge is 0.328 e. The van der Waals surface area contributed by atoms with Crippen molar-refractivity contribution in [3.63, 3.8) is 0 Å². The lowest BCUT2D eigenvalue weighted by atomic mass is 10.00. The molecule has 0 aromatic heterocycles. The van der Waals surface area contributed by atoms with Crippen molar-refractivity contribution >= 4 is 6.03 Å². The van der Waals surface area contributed by atoms with E-state index in [-0.39, 0.29) is 6.03 Å². The van der Waals surface area contributed by atoms with Gasteiger partial charge < -0.3 is 10.1 Å². The van der Waals surface area contributed by atoms with Crippen molar-refractivity contribution in [1.29, 1.82) is 0 Å². The Morgan fingerprint density at radius 3 is 2.72 bits per heavy atom. The minimum atomic E-state index is -0.382. The fraction of sp³-hybridized carbons (Fsp3) is 0.462. The molecule has 5 nitrogen and oxygen atoms in total. The first-order valence-electron chi connectivity index (χ1n) is 5.99. The van der Waals surface area contributed by atoms with E-state index < -0.39 is 0 Å². The van der Waals surface area contributed by atoms with E-state index in [0.29, 0.717) is 18.9 Å². The average molecular weight is 251 g/mol. The number of amides is 2. The van der Waals surface area contributed by atoms with Gasteiger partial charge in [0.25, 0.3) is 0 Å². The normalized spacial score (nSPS) is 10.3. The summed E-state index contributed by atoms with van der Waals surface area (Å²) >= 11 is 0. The molecule has 100 valence electrons. The van der Waals surface area contributed by atoms with Crippen LogP contribution in [0.3, 0.4) is 0 Å². The van der Waals surface area contributed by atoms with Gasteiger partial charge in [-0.1, -0.05) is 26.0 Å². The molecule has 0 aliphatic heterocycles. The highest BCUT2D eigenvalue weighted by Crippen LogP contribution is 2.24. The van der Waals surface area contributed by atoms with Crippen LogP contribution < -0.4 is 21.3 Å². The van der Waals surface area contributed by atoms with Crippen LogP contribution in [0.2, 0.25) is 0 Å². The van der Waals surface area contributed by atoms with Gasteiger partial charge in [0.2, 0.25) is 0 Å². The van der Waals surface area contributed by atoms with Gasteiger partial charge in [-0.25, -0.2) is 10.6 Å². The number of rotatable bonds is 5. The highest BCUT2D eigenvalue weighted by molar-refractivity contribution is 5.73. The third kappa shape index (κ3) is 3.92. The summed E-state index contributed by atoms with van der Waals surface area (Å²) < 4.78 is 5.37. The highest BCUT2D eigenvalue weighted by atomic mass is 16.5. The van der Waals surface area contributed by atoms with E-state index in [1.165, 1.54) is 5.56 Å². The Morgan fingerprint density at radius 1 is 1.44 bits per heavy atom. The van der Waals surface area contributed by atoms with Crippen molar-refractivity contribution < 1.29 is 9.53 Å². The van der Waals surface area contributed by atoms with Crippen LogP contribution >= 0.6 is 0 Å². The first-order valence-corrected chi connectivity index (χ1v) is 5.99. The molecule has 0 saturated carbocycles. The maximum absolute atomic E-state index is 10.9. The lowest BCUT2D eigenvalue weighted by molar-refractivity contribution is 0.241. The molecule has 1 rings (SSSR count). The lowest BCUT2D eigenvalue weighted by Crippen LogP contribution is -2.40. The number of ether oxygens (including phenoxy) is 1. The first kappa shape index (κ1) is 14.3. The molecule has 0 atom stereocenters.